The summed E-state index contributed by atoms with van der Waals surface area (Å²) in [7, 11) is 2.15. The van der Waals surface area contributed by atoms with E-state index >= 15 is 0 Å². The molecule has 1 aliphatic rings. The van der Waals surface area contributed by atoms with E-state index in [9.17, 15) is 0 Å². The lowest BCUT2D eigenvalue weighted by molar-refractivity contribution is 0.161. The molecule has 0 amide bonds. The number of nitrogens with zero attached hydrogens (tertiary/aromatic N) is 1. The molecular weight excluding hydrogens is 332 g/mol. The minimum atomic E-state index is 0.182. The second-order valence-electron chi connectivity index (χ2n) is 5.41. The van der Waals surface area contributed by atoms with E-state index < -0.39 is 0 Å². The zero-order chi connectivity index (χ0) is 15.4. The molecule has 118 valence electrons. The van der Waals surface area contributed by atoms with E-state index in [2.05, 4.69) is 53.9 Å². The Morgan fingerprint density at radius 1 is 1.24 bits per heavy atom. The largest absolute Gasteiger partial charge is 0.486 e. The van der Waals surface area contributed by atoms with Gasteiger partial charge in [-0.15, -0.1) is 0 Å². The van der Waals surface area contributed by atoms with E-state index in [-0.39, 0.29) is 6.04 Å². The SMILES string of the molecule is CCC(CC)N(C)C(CN)c1cc(Br)c2c(c1)OCCO2. The average molecular weight is 357 g/mol. The van der Waals surface area contributed by atoms with Crippen LogP contribution in [-0.2, 0) is 0 Å². The maximum Gasteiger partial charge on any atom is 0.175 e. The van der Waals surface area contributed by atoms with E-state index in [0.29, 0.717) is 25.8 Å². The number of rotatable bonds is 6. The summed E-state index contributed by atoms with van der Waals surface area (Å²) in [5.74, 6) is 1.60. The van der Waals surface area contributed by atoms with Crippen LogP contribution in [0.25, 0.3) is 0 Å². The van der Waals surface area contributed by atoms with Crippen LogP contribution in [0.5, 0.6) is 11.5 Å². The maximum atomic E-state index is 6.05. The predicted molar refractivity (Wildman–Crippen MR) is 89.1 cm³/mol. The van der Waals surface area contributed by atoms with E-state index in [1.807, 2.05) is 0 Å². The first kappa shape index (κ1) is 16.6. The van der Waals surface area contributed by atoms with Crippen molar-refractivity contribution in [1.82, 2.24) is 4.90 Å². The number of benzene rings is 1. The van der Waals surface area contributed by atoms with Gasteiger partial charge in [0.15, 0.2) is 11.5 Å². The summed E-state index contributed by atoms with van der Waals surface area (Å²) in [5, 5.41) is 0. The monoisotopic (exact) mass is 356 g/mol. The molecule has 0 saturated heterocycles. The summed E-state index contributed by atoms with van der Waals surface area (Å²) in [6.07, 6.45) is 2.24. The van der Waals surface area contributed by atoms with Gasteiger partial charge in [0.25, 0.3) is 0 Å². The first-order valence-electron chi connectivity index (χ1n) is 7.63. The van der Waals surface area contributed by atoms with Gasteiger partial charge in [0, 0.05) is 18.6 Å². The third-order valence-corrected chi connectivity index (χ3v) is 4.83. The van der Waals surface area contributed by atoms with Crippen LogP contribution in [0.3, 0.4) is 0 Å². The van der Waals surface area contributed by atoms with Crippen LogP contribution in [0.4, 0.5) is 0 Å². The van der Waals surface area contributed by atoms with Gasteiger partial charge in [-0.25, -0.2) is 0 Å². The van der Waals surface area contributed by atoms with E-state index in [1.54, 1.807) is 0 Å². The second kappa shape index (κ2) is 7.47. The van der Waals surface area contributed by atoms with Crippen LogP contribution >= 0.6 is 15.9 Å². The standard InChI is InChI=1S/C16H25BrN2O2/c1-4-12(5-2)19(3)14(10-18)11-8-13(17)16-15(9-11)20-6-7-21-16/h8-9,12,14H,4-7,10,18H2,1-3H3. The Morgan fingerprint density at radius 3 is 2.52 bits per heavy atom. The van der Waals surface area contributed by atoms with Crippen molar-refractivity contribution in [3.63, 3.8) is 0 Å². The summed E-state index contributed by atoms with van der Waals surface area (Å²) < 4.78 is 12.3. The highest BCUT2D eigenvalue weighted by molar-refractivity contribution is 9.10. The molecule has 0 fully saturated rings. The fraction of sp³-hybridized carbons (Fsp3) is 0.625. The lowest BCUT2D eigenvalue weighted by atomic mass is 10.0. The van der Waals surface area contributed by atoms with E-state index in [4.69, 9.17) is 15.2 Å². The van der Waals surface area contributed by atoms with Crippen molar-refractivity contribution in [1.29, 1.82) is 0 Å². The Kier molecular flexibility index (Phi) is 5.90. The number of ether oxygens (including phenoxy) is 2. The molecule has 1 atom stereocenters. The van der Waals surface area contributed by atoms with Crippen LogP contribution in [0.15, 0.2) is 16.6 Å². The van der Waals surface area contributed by atoms with Gasteiger partial charge in [0.05, 0.1) is 4.47 Å². The third kappa shape index (κ3) is 3.52. The van der Waals surface area contributed by atoms with Gasteiger partial charge < -0.3 is 15.2 Å². The molecule has 0 spiro atoms. The molecule has 21 heavy (non-hydrogen) atoms. The minimum Gasteiger partial charge on any atom is -0.486 e. The van der Waals surface area contributed by atoms with Gasteiger partial charge in [0.2, 0.25) is 0 Å². The number of fused-ring (bicyclic) bond motifs is 1. The lowest BCUT2D eigenvalue weighted by Gasteiger charge is -2.34. The summed E-state index contributed by atoms with van der Waals surface area (Å²) >= 11 is 3.59. The number of hydrogen-bond acceptors (Lipinski definition) is 4. The van der Waals surface area contributed by atoms with Gasteiger partial charge in [-0.1, -0.05) is 13.8 Å². The average Bonchev–Trinajstić information content (AvgIpc) is 2.49. The van der Waals surface area contributed by atoms with Crippen LogP contribution in [0.1, 0.15) is 38.3 Å². The highest BCUT2D eigenvalue weighted by atomic mass is 79.9. The first-order chi connectivity index (χ1) is 10.1. The Hall–Kier alpha value is -0.780. The van der Waals surface area contributed by atoms with Crippen molar-refractivity contribution in [2.24, 2.45) is 5.73 Å². The third-order valence-electron chi connectivity index (χ3n) is 4.24. The molecule has 5 heteroatoms. The van der Waals surface area contributed by atoms with Crippen molar-refractivity contribution in [2.75, 3.05) is 26.8 Å². The van der Waals surface area contributed by atoms with Gasteiger partial charge >= 0.3 is 0 Å². The van der Waals surface area contributed by atoms with Crippen molar-refractivity contribution >= 4 is 15.9 Å². The van der Waals surface area contributed by atoms with Gasteiger partial charge in [-0.3, -0.25) is 4.90 Å². The van der Waals surface area contributed by atoms with Crippen molar-refractivity contribution in [2.45, 2.75) is 38.8 Å². The van der Waals surface area contributed by atoms with Gasteiger partial charge in [-0.2, -0.15) is 0 Å². The summed E-state index contributed by atoms with van der Waals surface area (Å²) in [6.45, 7) is 6.21. The van der Waals surface area contributed by atoms with Crippen LogP contribution in [-0.4, -0.2) is 37.7 Å². The number of nitrogens with two attached hydrogens (primary N) is 1. The smallest absolute Gasteiger partial charge is 0.175 e. The molecule has 1 heterocycles. The van der Waals surface area contributed by atoms with Gasteiger partial charge in [-0.05, 0) is 53.5 Å². The molecule has 0 aromatic heterocycles. The lowest BCUT2D eigenvalue weighted by Crippen LogP contribution is -2.38. The van der Waals surface area contributed by atoms with Crippen molar-refractivity contribution in [3.05, 3.63) is 22.2 Å². The Labute approximate surface area is 135 Å². The molecular formula is C16H25BrN2O2. The molecule has 0 radical (unpaired) electrons. The van der Waals surface area contributed by atoms with Crippen molar-refractivity contribution < 1.29 is 9.47 Å². The molecule has 0 bridgehead atoms. The maximum absolute atomic E-state index is 6.05. The van der Waals surface area contributed by atoms with Crippen molar-refractivity contribution in [3.8, 4) is 11.5 Å². The minimum absolute atomic E-state index is 0.182. The highest BCUT2D eigenvalue weighted by Crippen LogP contribution is 2.40. The van der Waals surface area contributed by atoms with E-state index in [0.717, 1.165) is 28.8 Å². The molecule has 2 N–H and O–H groups in total. The van der Waals surface area contributed by atoms with Crippen LogP contribution in [0.2, 0.25) is 0 Å². The number of hydrogen-bond donors (Lipinski definition) is 1. The Bertz CT molecular complexity index is 478. The van der Waals surface area contributed by atoms with E-state index in [1.165, 1.54) is 5.56 Å². The summed E-state index contributed by atoms with van der Waals surface area (Å²) in [4.78, 5) is 2.37. The van der Waals surface area contributed by atoms with Gasteiger partial charge in [0.1, 0.15) is 13.2 Å². The normalized spacial score (nSPS) is 15.6. The zero-order valence-electron chi connectivity index (χ0n) is 13.1. The Morgan fingerprint density at radius 2 is 1.90 bits per heavy atom. The molecule has 1 aromatic carbocycles. The summed E-state index contributed by atoms with van der Waals surface area (Å²) in [5.41, 5.74) is 7.22. The second-order valence-corrected chi connectivity index (χ2v) is 6.27. The predicted octanol–water partition coefficient (Wildman–Crippen LogP) is 3.34. The quantitative estimate of drug-likeness (QED) is 0.848. The highest BCUT2D eigenvalue weighted by Gasteiger charge is 2.24. The Balaban J connectivity index is 2.32. The fourth-order valence-electron chi connectivity index (χ4n) is 2.98. The van der Waals surface area contributed by atoms with Crippen LogP contribution in [0, 0.1) is 0 Å². The molecule has 2 rings (SSSR count). The number of likely N-dealkylation sites (N-methyl/N-ethyl adjacent to an activating group) is 1. The zero-order valence-corrected chi connectivity index (χ0v) is 14.6. The first-order valence-corrected chi connectivity index (χ1v) is 8.42. The molecule has 4 nitrogen and oxygen atoms in total. The fourth-order valence-corrected chi connectivity index (χ4v) is 3.55. The molecule has 1 unspecified atom stereocenters. The summed E-state index contributed by atoms with van der Waals surface area (Å²) in [6, 6.07) is 4.88. The molecule has 0 aliphatic carbocycles. The molecule has 0 saturated carbocycles. The number of halogens is 1. The molecule has 1 aromatic rings. The van der Waals surface area contributed by atoms with Crippen LogP contribution < -0.4 is 15.2 Å². The molecule has 1 aliphatic heterocycles. The topological polar surface area (TPSA) is 47.7 Å².